The van der Waals surface area contributed by atoms with Crippen LogP contribution in [-0.4, -0.2) is 30.3 Å². The highest BCUT2D eigenvalue weighted by atomic mass is 35.5. The van der Waals surface area contributed by atoms with Crippen LogP contribution in [0.1, 0.15) is 35.3 Å². The molecular formula is C29H27ClF2N2O3. The van der Waals surface area contributed by atoms with Gasteiger partial charge in [-0.25, -0.2) is 13.6 Å². The van der Waals surface area contributed by atoms with Gasteiger partial charge in [0.2, 0.25) is 0 Å². The van der Waals surface area contributed by atoms with Crippen molar-refractivity contribution >= 4 is 40.5 Å². The van der Waals surface area contributed by atoms with E-state index in [4.69, 9.17) is 4.74 Å². The van der Waals surface area contributed by atoms with Gasteiger partial charge in [0.05, 0.1) is 12.1 Å². The Bertz CT molecular complexity index is 1430. The maximum absolute atomic E-state index is 14.8. The van der Waals surface area contributed by atoms with Crippen molar-refractivity contribution in [2.75, 3.05) is 18.0 Å². The number of rotatable bonds is 7. The minimum atomic E-state index is -1.25. The van der Waals surface area contributed by atoms with Crippen molar-refractivity contribution in [2.24, 2.45) is 0 Å². The van der Waals surface area contributed by atoms with Crippen LogP contribution >= 0.6 is 12.4 Å². The van der Waals surface area contributed by atoms with Crippen molar-refractivity contribution in [3.05, 3.63) is 102 Å². The molecule has 0 aromatic heterocycles. The Hall–Kier alpha value is -3.68. The SMILES string of the molecule is C[C@@H](NCCC1CN(c2cc(F)cc(C(=O)O)c2)c2c(F)cccc2O1)c1cccc2ccccc12.Cl. The van der Waals surface area contributed by atoms with Crippen molar-refractivity contribution in [1.82, 2.24) is 5.32 Å². The van der Waals surface area contributed by atoms with Crippen LogP contribution in [0.15, 0.2) is 78.9 Å². The first-order valence-corrected chi connectivity index (χ1v) is 11.9. The first-order valence-electron chi connectivity index (χ1n) is 11.9. The molecule has 8 heteroatoms. The summed E-state index contributed by atoms with van der Waals surface area (Å²) in [6.07, 6.45) is 0.297. The smallest absolute Gasteiger partial charge is 0.335 e. The quantitative estimate of drug-likeness (QED) is 0.276. The fraction of sp³-hybridized carbons (Fsp3) is 0.207. The van der Waals surface area contributed by atoms with Crippen molar-refractivity contribution < 1.29 is 23.4 Å². The fourth-order valence-electron chi connectivity index (χ4n) is 4.80. The number of anilines is 2. The Morgan fingerprint density at radius 1 is 1.08 bits per heavy atom. The van der Waals surface area contributed by atoms with Crippen molar-refractivity contribution in [3.8, 4) is 5.75 Å². The number of halogens is 3. The molecule has 0 bridgehead atoms. The number of hydrogen-bond acceptors (Lipinski definition) is 4. The third kappa shape index (κ3) is 5.53. The molecule has 2 N–H and O–H groups in total. The van der Waals surface area contributed by atoms with Crippen LogP contribution in [-0.2, 0) is 0 Å². The highest BCUT2D eigenvalue weighted by Gasteiger charge is 2.30. The van der Waals surface area contributed by atoms with E-state index in [-0.39, 0.29) is 48.0 Å². The summed E-state index contributed by atoms with van der Waals surface area (Å²) in [5.41, 5.74) is 1.45. The molecule has 1 heterocycles. The van der Waals surface area contributed by atoms with E-state index in [2.05, 4.69) is 36.5 Å². The number of carbonyl (C=O) groups is 1. The third-order valence-corrected chi connectivity index (χ3v) is 6.55. The van der Waals surface area contributed by atoms with Crippen LogP contribution in [0.4, 0.5) is 20.2 Å². The van der Waals surface area contributed by atoms with E-state index in [9.17, 15) is 18.7 Å². The summed E-state index contributed by atoms with van der Waals surface area (Å²) in [5, 5.41) is 15.3. The molecule has 1 unspecified atom stereocenters. The summed E-state index contributed by atoms with van der Waals surface area (Å²) in [6, 6.07) is 22.7. The van der Waals surface area contributed by atoms with Gasteiger partial charge in [-0.3, -0.25) is 0 Å². The second-order valence-corrected chi connectivity index (χ2v) is 8.97. The second kappa shape index (κ2) is 11.2. The molecule has 192 valence electrons. The van der Waals surface area contributed by atoms with Crippen LogP contribution in [0.2, 0.25) is 0 Å². The molecule has 0 fully saturated rings. The Morgan fingerprint density at radius 3 is 2.65 bits per heavy atom. The number of carboxylic acids is 1. The lowest BCUT2D eigenvalue weighted by Crippen LogP contribution is -2.40. The summed E-state index contributed by atoms with van der Waals surface area (Å²) in [4.78, 5) is 13.1. The summed E-state index contributed by atoms with van der Waals surface area (Å²) in [5.74, 6) is -2.12. The van der Waals surface area contributed by atoms with Gasteiger partial charge in [-0.05, 0) is 66.6 Å². The zero-order valence-corrected chi connectivity index (χ0v) is 21.0. The Labute approximate surface area is 220 Å². The minimum Gasteiger partial charge on any atom is -0.486 e. The maximum atomic E-state index is 14.8. The Kier molecular flexibility index (Phi) is 7.95. The average Bonchev–Trinajstić information content (AvgIpc) is 2.87. The summed E-state index contributed by atoms with van der Waals surface area (Å²) < 4.78 is 35.2. The molecule has 0 saturated carbocycles. The number of hydrogen-bond donors (Lipinski definition) is 2. The minimum absolute atomic E-state index is 0. The predicted octanol–water partition coefficient (Wildman–Crippen LogP) is 6.88. The van der Waals surface area contributed by atoms with Crippen LogP contribution in [0.5, 0.6) is 5.75 Å². The first kappa shape index (κ1) is 26.4. The normalized spacial score (nSPS) is 15.4. The molecule has 5 nitrogen and oxygen atoms in total. The van der Waals surface area contributed by atoms with Gasteiger partial charge >= 0.3 is 5.97 Å². The monoisotopic (exact) mass is 524 g/mol. The maximum Gasteiger partial charge on any atom is 0.335 e. The van der Waals surface area contributed by atoms with Crippen LogP contribution in [0.25, 0.3) is 10.8 Å². The highest BCUT2D eigenvalue weighted by molar-refractivity contribution is 5.89. The molecule has 5 rings (SSSR count). The molecule has 0 amide bonds. The van der Waals surface area contributed by atoms with E-state index < -0.39 is 17.6 Å². The van der Waals surface area contributed by atoms with E-state index >= 15 is 0 Å². The number of carboxylic acid groups (broad SMARTS) is 1. The summed E-state index contributed by atoms with van der Waals surface area (Å²) in [7, 11) is 0. The molecule has 0 spiro atoms. The van der Waals surface area contributed by atoms with E-state index in [0.717, 1.165) is 6.07 Å². The lowest BCUT2D eigenvalue weighted by atomic mass is 9.99. The van der Waals surface area contributed by atoms with Crippen molar-refractivity contribution in [1.29, 1.82) is 0 Å². The lowest BCUT2D eigenvalue weighted by Gasteiger charge is -2.37. The molecule has 0 radical (unpaired) electrons. The topological polar surface area (TPSA) is 61.8 Å². The highest BCUT2D eigenvalue weighted by Crippen LogP contribution is 2.41. The molecule has 1 aliphatic rings. The van der Waals surface area contributed by atoms with E-state index in [1.54, 1.807) is 17.0 Å². The largest absolute Gasteiger partial charge is 0.486 e. The van der Waals surface area contributed by atoms with Gasteiger partial charge in [0.25, 0.3) is 0 Å². The van der Waals surface area contributed by atoms with Gasteiger partial charge < -0.3 is 20.1 Å². The van der Waals surface area contributed by atoms with E-state index in [1.807, 2.05) is 18.2 Å². The van der Waals surface area contributed by atoms with Crippen molar-refractivity contribution in [3.63, 3.8) is 0 Å². The number of nitrogens with zero attached hydrogens (tertiary/aromatic N) is 1. The van der Waals surface area contributed by atoms with Crippen LogP contribution < -0.4 is 15.0 Å². The zero-order chi connectivity index (χ0) is 25.2. The van der Waals surface area contributed by atoms with Gasteiger partial charge in [0.1, 0.15) is 23.4 Å². The van der Waals surface area contributed by atoms with Gasteiger partial charge in [0, 0.05) is 11.7 Å². The van der Waals surface area contributed by atoms with Gasteiger partial charge in [-0.1, -0.05) is 48.5 Å². The third-order valence-electron chi connectivity index (χ3n) is 6.55. The zero-order valence-electron chi connectivity index (χ0n) is 20.2. The van der Waals surface area contributed by atoms with Crippen LogP contribution in [0.3, 0.4) is 0 Å². The number of ether oxygens (including phenoxy) is 1. The second-order valence-electron chi connectivity index (χ2n) is 8.97. The number of nitrogens with one attached hydrogen (secondary N) is 1. The van der Waals surface area contributed by atoms with Gasteiger partial charge in [-0.15, -0.1) is 12.4 Å². The number of aromatic carboxylic acids is 1. The molecule has 1 aliphatic heterocycles. The van der Waals surface area contributed by atoms with Gasteiger partial charge in [0.15, 0.2) is 5.82 Å². The lowest BCUT2D eigenvalue weighted by molar-refractivity contribution is 0.0696. The van der Waals surface area contributed by atoms with Crippen molar-refractivity contribution in [2.45, 2.75) is 25.5 Å². The molecule has 37 heavy (non-hydrogen) atoms. The predicted molar refractivity (Wildman–Crippen MR) is 143 cm³/mol. The molecule has 4 aromatic rings. The molecule has 0 saturated heterocycles. The molecule has 0 aliphatic carbocycles. The van der Waals surface area contributed by atoms with Gasteiger partial charge in [-0.2, -0.15) is 0 Å². The summed E-state index contributed by atoms with van der Waals surface area (Å²) >= 11 is 0. The number of para-hydroxylation sites is 1. The van der Waals surface area contributed by atoms with E-state index in [1.165, 1.54) is 34.5 Å². The summed E-state index contributed by atoms with van der Waals surface area (Å²) in [6.45, 7) is 3.00. The van der Waals surface area contributed by atoms with E-state index in [0.29, 0.717) is 18.7 Å². The average molecular weight is 525 g/mol. The fourth-order valence-corrected chi connectivity index (χ4v) is 4.80. The Balaban J connectivity index is 0.00000320. The Morgan fingerprint density at radius 2 is 1.84 bits per heavy atom. The number of fused-ring (bicyclic) bond motifs is 2. The first-order chi connectivity index (χ1) is 17.4. The van der Waals surface area contributed by atoms with Crippen LogP contribution in [0, 0.1) is 11.6 Å². The standard InChI is InChI=1S/C29H26F2N2O3.ClH/c1-18(24-9-4-7-19-6-2-3-8-25(19)24)32-13-12-23-17-33(28-26(31)10-5-11-27(28)36-23)22-15-20(29(34)35)14-21(30)16-22;/h2-11,14-16,18,23,32H,12-13,17H2,1H3,(H,34,35);1H/t18-,23?;/m1./s1. The molecular weight excluding hydrogens is 498 g/mol. The molecule has 2 atom stereocenters. The number of benzene rings is 4. The molecule has 4 aromatic carbocycles.